The van der Waals surface area contributed by atoms with Crippen molar-refractivity contribution in [1.29, 1.82) is 0 Å². The van der Waals surface area contributed by atoms with E-state index in [0.29, 0.717) is 22.4 Å². The van der Waals surface area contributed by atoms with Gasteiger partial charge in [-0.2, -0.15) is 13.2 Å². The van der Waals surface area contributed by atoms with Crippen LogP contribution in [0.4, 0.5) is 18.9 Å². The Labute approximate surface area is 163 Å². The number of hydrogen-bond acceptors (Lipinski definition) is 4. The molecular formula is C19H15ClF3N3O2. The fraction of sp³-hybridized carbons (Fsp3) is 0.158. The van der Waals surface area contributed by atoms with Crippen LogP contribution < -0.4 is 10.6 Å². The number of oxazole rings is 1. The number of carbonyl (C=O) groups excluding carboxylic acids is 1. The van der Waals surface area contributed by atoms with Gasteiger partial charge in [-0.1, -0.05) is 35.9 Å². The molecule has 0 bridgehead atoms. The molecule has 0 fully saturated rings. The molecule has 1 aromatic heterocycles. The van der Waals surface area contributed by atoms with Crippen molar-refractivity contribution in [3.8, 4) is 11.3 Å². The normalized spacial score (nSPS) is 11.3. The van der Waals surface area contributed by atoms with Crippen LogP contribution in [0.15, 0.2) is 59.1 Å². The first-order valence-electron chi connectivity index (χ1n) is 8.20. The molecule has 2 N–H and O–H groups in total. The molecule has 0 saturated carbocycles. The number of nitrogens with zero attached hydrogens (tertiary/aromatic N) is 1. The van der Waals surface area contributed by atoms with Crippen LogP contribution in [0.25, 0.3) is 11.3 Å². The molecule has 0 atom stereocenters. The van der Waals surface area contributed by atoms with Gasteiger partial charge < -0.3 is 15.1 Å². The summed E-state index contributed by atoms with van der Waals surface area (Å²) in [5.41, 5.74) is 1.22. The molecule has 0 saturated heterocycles. The minimum Gasteiger partial charge on any atom is -0.439 e. The molecule has 0 aliphatic carbocycles. The quantitative estimate of drug-likeness (QED) is 0.607. The molecule has 0 spiro atoms. The summed E-state index contributed by atoms with van der Waals surface area (Å²) in [6, 6.07) is 13.3. The average molecular weight is 410 g/mol. The van der Waals surface area contributed by atoms with Crippen molar-refractivity contribution in [3.63, 3.8) is 0 Å². The Bertz CT molecular complexity index is 973. The van der Waals surface area contributed by atoms with Crippen molar-refractivity contribution < 1.29 is 22.4 Å². The third-order valence-corrected chi connectivity index (χ3v) is 3.95. The van der Waals surface area contributed by atoms with E-state index in [2.05, 4.69) is 10.3 Å². The number of alkyl halides is 3. The molecule has 3 rings (SSSR count). The largest absolute Gasteiger partial charge is 0.439 e. The molecule has 0 unspecified atom stereocenters. The zero-order valence-corrected chi connectivity index (χ0v) is 15.1. The number of hydrogen-bond donors (Lipinski definition) is 2. The van der Waals surface area contributed by atoms with Gasteiger partial charge in [0.15, 0.2) is 5.76 Å². The standard InChI is InChI=1S/C19H15ClF3N3O2/c20-13-5-3-4-12(8-13)16-9-25-17(28-16)10-24-15-7-2-1-6-14(15)18(27)26-11-19(21,22)23/h1-9,24H,10-11H2,(H,26,27). The molecule has 5 nitrogen and oxygen atoms in total. The molecule has 0 aliphatic rings. The fourth-order valence-electron chi connectivity index (χ4n) is 2.45. The van der Waals surface area contributed by atoms with Crippen molar-refractivity contribution >= 4 is 23.2 Å². The summed E-state index contributed by atoms with van der Waals surface area (Å²) in [5, 5.41) is 5.37. The van der Waals surface area contributed by atoms with Gasteiger partial charge >= 0.3 is 6.18 Å². The SMILES string of the molecule is O=C(NCC(F)(F)F)c1ccccc1NCc1ncc(-c2cccc(Cl)c2)o1. The summed E-state index contributed by atoms with van der Waals surface area (Å²) in [4.78, 5) is 16.2. The maximum absolute atomic E-state index is 12.3. The van der Waals surface area contributed by atoms with Crippen molar-refractivity contribution in [2.45, 2.75) is 12.7 Å². The predicted octanol–water partition coefficient (Wildman–Crippen LogP) is 4.90. The lowest BCUT2D eigenvalue weighted by molar-refractivity contribution is -0.123. The van der Waals surface area contributed by atoms with Crippen LogP contribution in [0.2, 0.25) is 5.02 Å². The van der Waals surface area contributed by atoms with Crippen LogP contribution >= 0.6 is 11.6 Å². The summed E-state index contributed by atoms with van der Waals surface area (Å²) in [7, 11) is 0. The second-order valence-corrected chi connectivity index (χ2v) is 6.26. The smallest absolute Gasteiger partial charge is 0.405 e. The Hall–Kier alpha value is -3.00. The van der Waals surface area contributed by atoms with Crippen LogP contribution in [0.3, 0.4) is 0 Å². The number of amides is 1. The Morgan fingerprint density at radius 2 is 1.93 bits per heavy atom. The minimum atomic E-state index is -4.48. The van der Waals surface area contributed by atoms with E-state index in [1.54, 1.807) is 42.6 Å². The van der Waals surface area contributed by atoms with E-state index < -0.39 is 18.6 Å². The summed E-state index contributed by atoms with van der Waals surface area (Å²) < 4.78 is 42.6. The zero-order chi connectivity index (χ0) is 20.1. The molecule has 3 aromatic rings. The van der Waals surface area contributed by atoms with Gasteiger partial charge in [0.1, 0.15) is 6.54 Å². The fourth-order valence-corrected chi connectivity index (χ4v) is 2.64. The molecule has 1 heterocycles. The highest BCUT2D eigenvalue weighted by Crippen LogP contribution is 2.24. The number of para-hydroxylation sites is 1. The number of rotatable bonds is 6. The van der Waals surface area contributed by atoms with Crippen molar-refractivity contribution in [2.75, 3.05) is 11.9 Å². The molecule has 0 radical (unpaired) electrons. The Kier molecular flexibility index (Phi) is 5.89. The van der Waals surface area contributed by atoms with E-state index in [1.165, 1.54) is 6.07 Å². The van der Waals surface area contributed by atoms with E-state index in [1.807, 2.05) is 11.4 Å². The molecule has 146 valence electrons. The lowest BCUT2D eigenvalue weighted by atomic mass is 10.1. The number of aromatic nitrogens is 1. The minimum absolute atomic E-state index is 0.0911. The van der Waals surface area contributed by atoms with Gasteiger partial charge in [-0.15, -0.1) is 0 Å². The van der Waals surface area contributed by atoms with E-state index >= 15 is 0 Å². The first-order valence-corrected chi connectivity index (χ1v) is 8.58. The molecule has 1 amide bonds. The van der Waals surface area contributed by atoms with Gasteiger partial charge in [0, 0.05) is 16.3 Å². The van der Waals surface area contributed by atoms with Crippen LogP contribution in [0, 0.1) is 0 Å². The van der Waals surface area contributed by atoms with Crippen LogP contribution in [-0.2, 0) is 6.54 Å². The number of anilines is 1. The highest BCUT2D eigenvalue weighted by atomic mass is 35.5. The third-order valence-electron chi connectivity index (χ3n) is 3.71. The number of carbonyl (C=O) groups is 1. The summed E-state index contributed by atoms with van der Waals surface area (Å²) in [5.74, 6) is 0.0448. The molecule has 9 heteroatoms. The predicted molar refractivity (Wildman–Crippen MR) is 99.1 cm³/mol. The van der Waals surface area contributed by atoms with E-state index in [0.717, 1.165) is 5.56 Å². The maximum atomic E-state index is 12.3. The highest BCUT2D eigenvalue weighted by Gasteiger charge is 2.28. The van der Waals surface area contributed by atoms with Gasteiger partial charge in [0.05, 0.1) is 18.3 Å². The van der Waals surface area contributed by atoms with Gasteiger partial charge in [0.25, 0.3) is 5.91 Å². The number of halogens is 4. The van der Waals surface area contributed by atoms with Gasteiger partial charge in [0.2, 0.25) is 5.89 Å². The Morgan fingerprint density at radius 3 is 2.68 bits per heavy atom. The Balaban J connectivity index is 1.68. The highest BCUT2D eigenvalue weighted by molar-refractivity contribution is 6.30. The lowest BCUT2D eigenvalue weighted by Gasteiger charge is -2.12. The van der Waals surface area contributed by atoms with Crippen LogP contribution in [0.5, 0.6) is 0 Å². The summed E-state index contributed by atoms with van der Waals surface area (Å²) in [6.45, 7) is -1.26. The summed E-state index contributed by atoms with van der Waals surface area (Å²) >= 11 is 5.96. The maximum Gasteiger partial charge on any atom is 0.405 e. The van der Waals surface area contributed by atoms with Crippen molar-refractivity contribution in [3.05, 3.63) is 71.2 Å². The molecule has 2 aromatic carbocycles. The average Bonchev–Trinajstić information content (AvgIpc) is 3.13. The molecule has 28 heavy (non-hydrogen) atoms. The van der Waals surface area contributed by atoms with Crippen LogP contribution in [0.1, 0.15) is 16.2 Å². The van der Waals surface area contributed by atoms with Gasteiger partial charge in [-0.3, -0.25) is 4.79 Å². The number of nitrogens with one attached hydrogen (secondary N) is 2. The monoisotopic (exact) mass is 409 g/mol. The topological polar surface area (TPSA) is 67.2 Å². The second kappa shape index (κ2) is 8.35. The number of benzene rings is 2. The van der Waals surface area contributed by atoms with E-state index in [4.69, 9.17) is 16.0 Å². The second-order valence-electron chi connectivity index (χ2n) is 5.83. The van der Waals surface area contributed by atoms with E-state index in [-0.39, 0.29) is 12.1 Å². The summed E-state index contributed by atoms with van der Waals surface area (Å²) in [6.07, 6.45) is -2.93. The van der Waals surface area contributed by atoms with Crippen molar-refractivity contribution in [2.24, 2.45) is 0 Å². The van der Waals surface area contributed by atoms with Crippen LogP contribution in [-0.4, -0.2) is 23.6 Å². The van der Waals surface area contributed by atoms with Crippen molar-refractivity contribution in [1.82, 2.24) is 10.3 Å². The molecular weight excluding hydrogens is 395 g/mol. The zero-order valence-electron chi connectivity index (χ0n) is 14.4. The first-order chi connectivity index (χ1) is 13.3. The van der Waals surface area contributed by atoms with Gasteiger partial charge in [-0.25, -0.2) is 4.98 Å². The first kappa shape index (κ1) is 19.8. The van der Waals surface area contributed by atoms with E-state index in [9.17, 15) is 18.0 Å². The molecule has 0 aliphatic heterocycles. The third kappa shape index (κ3) is 5.26. The lowest BCUT2D eigenvalue weighted by Crippen LogP contribution is -2.34. The Morgan fingerprint density at radius 1 is 1.14 bits per heavy atom. The van der Waals surface area contributed by atoms with Gasteiger partial charge in [-0.05, 0) is 24.3 Å².